The van der Waals surface area contributed by atoms with E-state index in [9.17, 15) is 9.59 Å². The lowest BCUT2D eigenvalue weighted by Crippen LogP contribution is -2.16. The number of amides is 1. The first-order chi connectivity index (χ1) is 15.5. The van der Waals surface area contributed by atoms with Gasteiger partial charge in [-0.2, -0.15) is 9.78 Å². The number of anilines is 1. The third-order valence-corrected chi connectivity index (χ3v) is 5.87. The number of ether oxygens (including phenoxy) is 1. The Morgan fingerprint density at radius 3 is 2.75 bits per heavy atom. The van der Waals surface area contributed by atoms with E-state index in [0.717, 1.165) is 16.0 Å². The summed E-state index contributed by atoms with van der Waals surface area (Å²) in [5.74, 6) is 0.376. The highest BCUT2D eigenvalue weighted by molar-refractivity contribution is 7.22. The fourth-order valence-electron chi connectivity index (χ4n) is 3.53. The van der Waals surface area contributed by atoms with Gasteiger partial charge < -0.3 is 9.30 Å². The van der Waals surface area contributed by atoms with Crippen LogP contribution in [0.4, 0.5) is 5.13 Å². The van der Waals surface area contributed by atoms with Crippen molar-refractivity contribution in [1.82, 2.24) is 19.3 Å². The molecule has 0 saturated carbocycles. The van der Waals surface area contributed by atoms with E-state index < -0.39 is 0 Å². The predicted molar refractivity (Wildman–Crippen MR) is 124 cm³/mol. The summed E-state index contributed by atoms with van der Waals surface area (Å²) in [5, 5.41) is 7.77. The Morgan fingerprint density at radius 2 is 1.97 bits per heavy atom. The third kappa shape index (κ3) is 3.52. The number of hydrogen-bond acceptors (Lipinski definition) is 6. The summed E-state index contributed by atoms with van der Waals surface area (Å²) in [5.41, 5.74) is 2.14. The average molecular weight is 446 g/mol. The second-order valence-electron chi connectivity index (χ2n) is 7.19. The molecule has 160 valence electrons. The van der Waals surface area contributed by atoms with Gasteiger partial charge in [0.15, 0.2) is 5.13 Å². The van der Waals surface area contributed by atoms with Crippen molar-refractivity contribution in [2.75, 3.05) is 11.9 Å². The molecule has 1 N–H and O–H groups in total. The minimum absolute atomic E-state index is 0.278. The molecule has 2 aliphatic heterocycles. The van der Waals surface area contributed by atoms with Crippen LogP contribution >= 0.6 is 11.3 Å². The van der Waals surface area contributed by atoms with Gasteiger partial charge >= 0.3 is 0 Å². The summed E-state index contributed by atoms with van der Waals surface area (Å²) in [7, 11) is 1.77. The molecular weight excluding hydrogens is 426 g/mol. The van der Waals surface area contributed by atoms with Gasteiger partial charge in [-0.15, -0.1) is 0 Å². The number of rotatable bonds is 5. The van der Waals surface area contributed by atoms with Crippen LogP contribution in [0.2, 0.25) is 0 Å². The molecule has 5 rings (SSSR count). The summed E-state index contributed by atoms with van der Waals surface area (Å²) < 4.78 is 9.44. The number of pyridine rings is 1. The number of carbonyl (C=O) groups excluding carboxylic acids is 1. The number of benzene rings is 2. The Hall–Kier alpha value is -3.98. The van der Waals surface area contributed by atoms with Crippen LogP contribution in [0.3, 0.4) is 0 Å². The normalized spacial score (nSPS) is 11.2. The largest absolute Gasteiger partial charge is 0.494 e. The molecule has 0 bridgehead atoms. The van der Waals surface area contributed by atoms with E-state index >= 15 is 0 Å². The Bertz CT molecular complexity index is 1470. The molecule has 0 fully saturated rings. The topological polar surface area (TPSA) is 91.0 Å². The molecular formula is C23H19N5O3S. The van der Waals surface area contributed by atoms with E-state index in [-0.39, 0.29) is 11.5 Å². The molecule has 3 heterocycles. The van der Waals surface area contributed by atoms with Crippen molar-refractivity contribution in [3.05, 3.63) is 76.8 Å². The van der Waals surface area contributed by atoms with E-state index in [4.69, 9.17) is 4.74 Å². The molecule has 8 nitrogen and oxygen atoms in total. The summed E-state index contributed by atoms with van der Waals surface area (Å²) in [4.78, 5) is 30.6. The zero-order valence-electron chi connectivity index (χ0n) is 17.4. The smallest absolute Gasteiger partial charge is 0.282 e. The maximum absolute atomic E-state index is 13.1. The zero-order valence-corrected chi connectivity index (χ0v) is 18.2. The quantitative estimate of drug-likeness (QED) is 0.443. The van der Waals surface area contributed by atoms with E-state index in [2.05, 4.69) is 15.4 Å². The lowest BCUT2D eigenvalue weighted by Gasteiger charge is -2.08. The van der Waals surface area contributed by atoms with Gasteiger partial charge in [-0.3, -0.25) is 14.9 Å². The molecule has 1 aromatic heterocycles. The van der Waals surface area contributed by atoms with Crippen LogP contribution in [0.25, 0.3) is 27.2 Å². The van der Waals surface area contributed by atoms with Gasteiger partial charge in [0.1, 0.15) is 11.4 Å². The van der Waals surface area contributed by atoms with Crippen molar-refractivity contribution in [2.24, 2.45) is 7.05 Å². The number of aromatic nitrogens is 4. The Morgan fingerprint density at radius 1 is 1.16 bits per heavy atom. The van der Waals surface area contributed by atoms with E-state index in [1.54, 1.807) is 36.1 Å². The number of carbonyl (C=O) groups is 1. The number of fused-ring (bicyclic) bond motifs is 2. The van der Waals surface area contributed by atoms with Gasteiger partial charge in [-0.05, 0) is 37.3 Å². The van der Waals surface area contributed by atoms with Crippen molar-refractivity contribution in [3.63, 3.8) is 0 Å². The SMILES string of the molecule is CCOc1ccc2nc(NC(=O)c3cn(C)cc4c(=O)n(-c5ccccc5)nc3-4)sc2c1. The molecule has 1 amide bonds. The molecule has 0 spiro atoms. The van der Waals surface area contributed by atoms with Crippen molar-refractivity contribution in [1.29, 1.82) is 0 Å². The number of nitrogens with one attached hydrogen (secondary N) is 1. The van der Waals surface area contributed by atoms with Crippen LogP contribution in [0.5, 0.6) is 5.75 Å². The molecule has 0 aliphatic carbocycles. The molecule has 3 aromatic rings. The number of nitrogens with zero attached hydrogens (tertiary/aromatic N) is 4. The molecule has 0 unspecified atom stereocenters. The van der Waals surface area contributed by atoms with E-state index in [1.165, 1.54) is 16.0 Å². The number of thiazole rings is 1. The average Bonchev–Trinajstić information content (AvgIpc) is 3.34. The molecule has 32 heavy (non-hydrogen) atoms. The van der Waals surface area contributed by atoms with Crippen LogP contribution in [-0.2, 0) is 7.05 Å². The highest BCUT2D eigenvalue weighted by atomic mass is 32.1. The van der Waals surface area contributed by atoms with E-state index in [0.29, 0.717) is 34.2 Å². The summed E-state index contributed by atoms with van der Waals surface area (Å²) in [6, 6.07) is 14.7. The second-order valence-corrected chi connectivity index (χ2v) is 8.22. The molecule has 0 saturated heterocycles. The zero-order chi connectivity index (χ0) is 22.2. The lowest BCUT2D eigenvalue weighted by molar-refractivity contribution is 0.102. The maximum atomic E-state index is 13.1. The standard InChI is InChI=1S/C23H19N5O3S/c1-3-31-15-9-10-18-19(11-15)32-23(24-18)25-21(29)16-12-27(2)13-17-20(16)26-28(22(17)30)14-7-5-4-6-8-14/h4-13H,3H2,1-2H3,(H,24,25,29). The first-order valence-electron chi connectivity index (χ1n) is 10.0. The van der Waals surface area contributed by atoms with Crippen LogP contribution in [-0.4, -0.2) is 31.8 Å². The second kappa shape index (κ2) is 7.93. The number of aryl methyl sites for hydroxylation is 1. The third-order valence-electron chi connectivity index (χ3n) is 4.94. The van der Waals surface area contributed by atoms with Gasteiger partial charge in [0, 0.05) is 19.4 Å². The Labute approximate surface area is 187 Å². The Kier molecular flexibility index (Phi) is 4.95. The number of para-hydroxylation sites is 1. The van der Waals surface area contributed by atoms with E-state index in [1.807, 2.05) is 43.3 Å². The minimum Gasteiger partial charge on any atom is -0.494 e. The summed E-state index contributed by atoms with van der Waals surface area (Å²) in [6.45, 7) is 2.50. The maximum Gasteiger partial charge on any atom is 0.282 e. The fourth-order valence-corrected chi connectivity index (χ4v) is 4.41. The highest BCUT2D eigenvalue weighted by Gasteiger charge is 2.24. The first kappa shape index (κ1) is 20.0. The molecule has 9 heteroatoms. The lowest BCUT2D eigenvalue weighted by atomic mass is 10.1. The number of hydrogen-bond donors (Lipinski definition) is 1. The van der Waals surface area contributed by atoms with Crippen LogP contribution < -0.4 is 15.6 Å². The van der Waals surface area contributed by atoms with Gasteiger partial charge in [0.05, 0.1) is 33.6 Å². The Balaban J connectivity index is 1.52. The molecule has 2 aromatic carbocycles. The van der Waals surface area contributed by atoms with Crippen LogP contribution in [0, 0.1) is 0 Å². The first-order valence-corrected chi connectivity index (χ1v) is 10.8. The predicted octanol–water partition coefficient (Wildman–Crippen LogP) is 3.94. The van der Waals surface area contributed by atoms with Gasteiger partial charge in [0.2, 0.25) is 0 Å². The molecule has 2 aliphatic rings. The minimum atomic E-state index is -0.381. The van der Waals surface area contributed by atoms with Crippen LogP contribution in [0.1, 0.15) is 17.3 Å². The van der Waals surface area contributed by atoms with Gasteiger partial charge in [-0.1, -0.05) is 29.5 Å². The van der Waals surface area contributed by atoms with Gasteiger partial charge in [-0.25, -0.2) is 4.98 Å². The van der Waals surface area contributed by atoms with Crippen LogP contribution in [0.15, 0.2) is 65.7 Å². The van der Waals surface area contributed by atoms with Crippen molar-refractivity contribution < 1.29 is 9.53 Å². The van der Waals surface area contributed by atoms with Crippen molar-refractivity contribution >= 4 is 32.6 Å². The summed E-state index contributed by atoms with van der Waals surface area (Å²) in [6.07, 6.45) is 3.33. The fraction of sp³-hybridized carbons (Fsp3) is 0.130. The highest BCUT2D eigenvalue weighted by Crippen LogP contribution is 2.30. The van der Waals surface area contributed by atoms with Crippen molar-refractivity contribution in [2.45, 2.75) is 6.92 Å². The summed E-state index contributed by atoms with van der Waals surface area (Å²) >= 11 is 1.36. The molecule has 0 atom stereocenters. The molecule has 0 radical (unpaired) electrons. The van der Waals surface area contributed by atoms with Gasteiger partial charge in [0.25, 0.3) is 11.5 Å². The monoisotopic (exact) mass is 445 g/mol. The van der Waals surface area contributed by atoms with Crippen molar-refractivity contribution in [3.8, 4) is 22.7 Å².